The summed E-state index contributed by atoms with van der Waals surface area (Å²) in [5.41, 5.74) is -0.698. The lowest BCUT2D eigenvalue weighted by Crippen LogP contribution is -2.35. The summed E-state index contributed by atoms with van der Waals surface area (Å²) in [6, 6.07) is 6.35. The van der Waals surface area contributed by atoms with Gasteiger partial charge >= 0.3 is 6.18 Å². The molecule has 3 atom stereocenters. The Hall–Kier alpha value is -5.00. The first-order valence-corrected chi connectivity index (χ1v) is 22.8. The monoisotopic (exact) mass is 912 g/mol. The van der Waals surface area contributed by atoms with Crippen LogP contribution >= 0.6 is 11.6 Å². The Labute approximate surface area is 350 Å². The maximum absolute atomic E-state index is 15.4. The first-order valence-electron chi connectivity index (χ1n) is 18.5. The van der Waals surface area contributed by atoms with Gasteiger partial charge in [0.1, 0.15) is 40.9 Å². The fraction of sp³-hybridized carbons (Fsp3) is 0.400. The Bertz CT molecular complexity index is 2920. The lowest BCUT2D eigenvalue weighted by molar-refractivity contribution is -0.141. The highest BCUT2D eigenvalue weighted by atomic mass is 35.5. The van der Waals surface area contributed by atoms with Gasteiger partial charge in [-0.25, -0.2) is 30.6 Å². The second kappa shape index (κ2) is 15.1. The Morgan fingerprint density at radius 1 is 1.00 bits per heavy atom. The van der Waals surface area contributed by atoms with Crippen molar-refractivity contribution in [3.8, 4) is 23.0 Å². The molecule has 0 unspecified atom stereocenters. The fourth-order valence-electron chi connectivity index (χ4n) is 7.70. The second-order valence-electron chi connectivity index (χ2n) is 15.9. The molecular formula is C40H36ClF7N6O5S2. The third-order valence-electron chi connectivity index (χ3n) is 10.7. The number of nitrogens with one attached hydrogen (secondary N) is 1. The van der Waals surface area contributed by atoms with Crippen molar-refractivity contribution in [1.29, 1.82) is 0 Å². The molecule has 1 saturated carbocycles. The lowest BCUT2D eigenvalue weighted by Gasteiger charge is -2.23. The molecule has 2 aromatic carbocycles. The number of hydrogen-bond donors (Lipinski definition) is 1. The van der Waals surface area contributed by atoms with E-state index in [1.54, 1.807) is 6.92 Å². The van der Waals surface area contributed by atoms with Crippen LogP contribution in [-0.2, 0) is 55.7 Å². The van der Waals surface area contributed by atoms with Crippen LogP contribution in [0.15, 0.2) is 42.5 Å². The van der Waals surface area contributed by atoms with Gasteiger partial charge in [0.2, 0.25) is 5.91 Å². The van der Waals surface area contributed by atoms with Crippen LogP contribution in [0.1, 0.15) is 71.8 Å². The number of aryl methyl sites for hydroxylation is 1. The molecule has 0 bridgehead atoms. The summed E-state index contributed by atoms with van der Waals surface area (Å²) >= 11 is 6.54. The van der Waals surface area contributed by atoms with Crippen LogP contribution in [0.25, 0.3) is 22.0 Å². The highest BCUT2D eigenvalue weighted by Gasteiger charge is 2.66. The molecule has 3 aromatic heterocycles. The van der Waals surface area contributed by atoms with Crippen LogP contribution in [0.3, 0.4) is 0 Å². The number of nitrogens with zero attached hydrogens (tertiary/aromatic N) is 5. The predicted octanol–water partition coefficient (Wildman–Crippen LogP) is 7.13. The molecule has 0 spiro atoms. The summed E-state index contributed by atoms with van der Waals surface area (Å²) in [6.07, 6.45) is -3.22. The van der Waals surface area contributed by atoms with Crippen LogP contribution in [0.4, 0.5) is 30.7 Å². The zero-order valence-electron chi connectivity index (χ0n) is 32.9. The van der Waals surface area contributed by atoms with Crippen molar-refractivity contribution in [3.63, 3.8) is 0 Å². The number of amides is 1. The van der Waals surface area contributed by atoms with Gasteiger partial charge in [0.05, 0.1) is 39.4 Å². The number of aromatic nitrogens is 5. The van der Waals surface area contributed by atoms with E-state index in [0.29, 0.717) is 22.0 Å². The van der Waals surface area contributed by atoms with E-state index in [9.17, 15) is 43.6 Å². The molecule has 1 fully saturated rings. The van der Waals surface area contributed by atoms with E-state index in [4.69, 9.17) is 11.6 Å². The summed E-state index contributed by atoms with van der Waals surface area (Å²) in [6.45, 7) is 1.79. The molecule has 0 saturated heterocycles. The van der Waals surface area contributed by atoms with E-state index < -0.39 is 103 Å². The number of alkyl halides is 5. The Morgan fingerprint density at radius 2 is 1.66 bits per heavy atom. The molecule has 324 valence electrons. The Kier molecular flexibility index (Phi) is 10.9. The molecule has 2 aliphatic carbocycles. The molecule has 0 radical (unpaired) electrons. The zero-order valence-corrected chi connectivity index (χ0v) is 35.3. The lowest BCUT2D eigenvalue weighted by atomic mass is 9.93. The number of carbonyl (C=O) groups is 1. The van der Waals surface area contributed by atoms with Crippen molar-refractivity contribution < 1.29 is 52.4 Å². The van der Waals surface area contributed by atoms with Crippen molar-refractivity contribution in [1.82, 2.24) is 29.9 Å². The molecule has 1 N–H and O–H groups in total. The Balaban J connectivity index is 1.44. The second-order valence-corrected chi connectivity index (χ2v) is 21.1. The standard InChI is InChI=1S/C40H36ClF7N6O5S2/c1-20-33-27-16-28(27)40(47,48)37(33)53(51-20)17-32(55)50-30(14-21-12-22(42)15-23(43)13-21)35-25(7-6-24(49-35)10-11-38(2,3)61(5,58)59)26-8-9-29(41)34-31(18-60(4,56)57)52-54(36(26)34)19-39(44,45)46/h6-9,12-13,15,27-28,30H,14,16-19H2,1-5H3,(H,50,55)/t27-,28+,30-/m0/s1. The first kappa shape index (κ1) is 44.1. The number of hydrogen-bond acceptors (Lipinski definition) is 8. The van der Waals surface area contributed by atoms with Crippen LogP contribution in [0.2, 0.25) is 5.02 Å². The normalized spacial score (nSPS) is 17.7. The third-order valence-corrected chi connectivity index (χ3v) is 13.8. The van der Waals surface area contributed by atoms with E-state index in [0.717, 1.165) is 29.3 Å². The van der Waals surface area contributed by atoms with Crippen molar-refractivity contribution in [3.05, 3.63) is 98.7 Å². The minimum Gasteiger partial charge on any atom is -0.346 e. The molecule has 21 heteroatoms. The van der Waals surface area contributed by atoms with Crippen LogP contribution in [0, 0.1) is 36.3 Å². The SMILES string of the molecule is Cc1nn(CC(=O)N[C@@H](Cc2cc(F)cc(F)c2)c2nc(C#CC(C)(C)S(C)(=O)=O)ccc2-c2ccc(Cl)c3c(CS(C)(=O)=O)nn(CC(F)(F)F)c23)c2c1[C@H]1C[C@H]1C2(F)F. The van der Waals surface area contributed by atoms with Gasteiger partial charge in [-0.15, -0.1) is 0 Å². The van der Waals surface area contributed by atoms with Gasteiger partial charge in [-0.3, -0.25) is 14.2 Å². The molecule has 61 heavy (non-hydrogen) atoms. The third kappa shape index (κ3) is 8.87. The van der Waals surface area contributed by atoms with Gasteiger partial charge in [-0.1, -0.05) is 23.6 Å². The number of halogens is 8. The van der Waals surface area contributed by atoms with Crippen molar-refractivity contribution >= 4 is 48.1 Å². The van der Waals surface area contributed by atoms with E-state index in [-0.39, 0.29) is 56.1 Å². The van der Waals surface area contributed by atoms with Gasteiger partial charge < -0.3 is 5.32 Å². The largest absolute Gasteiger partial charge is 0.408 e. The highest BCUT2D eigenvalue weighted by molar-refractivity contribution is 7.92. The average molecular weight is 913 g/mol. The quantitative estimate of drug-likeness (QED) is 0.109. The molecular weight excluding hydrogens is 877 g/mol. The van der Waals surface area contributed by atoms with E-state index in [1.165, 1.54) is 38.1 Å². The summed E-state index contributed by atoms with van der Waals surface area (Å²) in [4.78, 5) is 18.7. The number of carbonyl (C=O) groups excluding carboxylic acids is 1. The number of benzene rings is 2. The van der Waals surface area contributed by atoms with Gasteiger partial charge in [-0.05, 0) is 81.3 Å². The van der Waals surface area contributed by atoms with Crippen LogP contribution in [0.5, 0.6) is 0 Å². The highest BCUT2D eigenvalue weighted by Crippen LogP contribution is 2.67. The van der Waals surface area contributed by atoms with Crippen molar-refractivity contribution in [2.24, 2.45) is 5.92 Å². The van der Waals surface area contributed by atoms with Crippen LogP contribution < -0.4 is 5.32 Å². The van der Waals surface area contributed by atoms with Gasteiger partial charge in [-0.2, -0.15) is 32.1 Å². The topological polar surface area (TPSA) is 146 Å². The number of pyridine rings is 1. The molecule has 2 aliphatic rings. The molecule has 11 nitrogen and oxygen atoms in total. The number of fused-ring (bicyclic) bond motifs is 4. The summed E-state index contributed by atoms with van der Waals surface area (Å²) < 4.78 is 152. The Morgan fingerprint density at radius 3 is 2.28 bits per heavy atom. The average Bonchev–Trinajstić information content (AvgIpc) is 3.67. The molecule has 1 amide bonds. The van der Waals surface area contributed by atoms with Gasteiger partial charge in [0, 0.05) is 46.6 Å². The maximum atomic E-state index is 15.4. The molecule has 0 aliphatic heterocycles. The van der Waals surface area contributed by atoms with Gasteiger partial charge in [0.15, 0.2) is 19.7 Å². The van der Waals surface area contributed by atoms with Gasteiger partial charge in [0.25, 0.3) is 5.92 Å². The molecule has 5 aromatic rings. The van der Waals surface area contributed by atoms with Crippen LogP contribution in [-0.4, -0.2) is 70.7 Å². The molecule has 7 rings (SSSR count). The molecule has 3 heterocycles. The summed E-state index contributed by atoms with van der Waals surface area (Å²) in [7, 11) is -7.65. The first-order chi connectivity index (χ1) is 28.1. The van der Waals surface area contributed by atoms with Crippen molar-refractivity contribution in [2.75, 3.05) is 12.5 Å². The summed E-state index contributed by atoms with van der Waals surface area (Å²) in [5, 5.41) is 10.6. The smallest absolute Gasteiger partial charge is 0.346 e. The predicted molar refractivity (Wildman–Crippen MR) is 211 cm³/mol. The zero-order chi connectivity index (χ0) is 44.8. The summed E-state index contributed by atoms with van der Waals surface area (Å²) in [5.74, 6) is -2.97. The number of sulfone groups is 2. The number of rotatable bonds is 11. The minimum atomic E-state index is -4.88. The van der Waals surface area contributed by atoms with Crippen molar-refractivity contribution in [2.45, 2.75) is 81.3 Å². The fourth-order valence-corrected chi connectivity index (χ4v) is 8.90. The van der Waals surface area contributed by atoms with E-state index in [2.05, 4.69) is 32.3 Å². The van der Waals surface area contributed by atoms with E-state index >= 15 is 8.78 Å². The maximum Gasteiger partial charge on any atom is 0.408 e. The minimum absolute atomic E-state index is 0.0200. The van der Waals surface area contributed by atoms with E-state index in [1.807, 2.05) is 0 Å².